The van der Waals surface area contributed by atoms with Gasteiger partial charge in [0.2, 0.25) is 5.95 Å². The Morgan fingerprint density at radius 2 is 2.29 bits per heavy atom. The lowest BCUT2D eigenvalue weighted by molar-refractivity contribution is 0.373. The van der Waals surface area contributed by atoms with Crippen LogP contribution in [-0.2, 0) is 0 Å². The quantitative estimate of drug-likeness (QED) is 0.781. The Bertz CT molecular complexity index is 628. The second-order valence-electron chi connectivity index (χ2n) is 5.17. The minimum absolute atomic E-state index is 0.0868. The smallest absolute Gasteiger partial charge is 0.245 e. The molecular formula is C14H19N5O2. The summed E-state index contributed by atoms with van der Waals surface area (Å²) in [4.78, 5) is 6.66. The van der Waals surface area contributed by atoms with E-state index >= 15 is 0 Å². The van der Waals surface area contributed by atoms with Crippen molar-refractivity contribution in [1.29, 1.82) is 0 Å². The molecule has 3 rings (SSSR count). The van der Waals surface area contributed by atoms with Crippen LogP contribution in [0.3, 0.4) is 0 Å². The lowest BCUT2D eigenvalue weighted by atomic mass is 10.2. The van der Waals surface area contributed by atoms with Crippen LogP contribution in [-0.4, -0.2) is 53.1 Å². The van der Waals surface area contributed by atoms with Crippen LogP contribution in [0.5, 0.6) is 11.5 Å². The van der Waals surface area contributed by atoms with Crippen molar-refractivity contribution < 1.29 is 9.84 Å². The van der Waals surface area contributed by atoms with Gasteiger partial charge in [0.15, 0.2) is 17.3 Å². The molecule has 2 heterocycles. The molecule has 2 aromatic rings. The molecule has 0 unspecified atom stereocenters. The predicted octanol–water partition coefficient (Wildman–Crippen LogP) is 0.984. The fraction of sp³-hybridized carbons (Fsp3) is 0.429. The number of aromatic amines is 1. The summed E-state index contributed by atoms with van der Waals surface area (Å²) in [6, 6.07) is 5.58. The third kappa shape index (κ3) is 2.78. The number of H-pyrrole nitrogens is 1. The highest BCUT2D eigenvalue weighted by Crippen LogP contribution is 2.30. The fourth-order valence-corrected chi connectivity index (χ4v) is 2.47. The molecule has 1 aromatic carbocycles. The minimum Gasteiger partial charge on any atom is -0.504 e. The van der Waals surface area contributed by atoms with Gasteiger partial charge in [-0.15, -0.1) is 5.10 Å². The highest BCUT2D eigenvalue weighted by atomic mass is 16.5. The van der Waals surface area contributed by atoms with Gasteiger partial charge in [0.1, 0.15) is 0 Å². The van der Waals surface area contributed by atoms with Crippen LogP contribution in [0.1, 0.15) is 6.92 Å². The number of nitrogens with one attached hydrogen (secondary N) is 2. The average Bonchev–Trinajstić information content (AvgIpc) is 2.97. The van der Waals surface area contributed by atoms with E-state index in [1.54, 1.807) is 12.1 Å². The number of nitrogens with zero attached hydrogens (tertiary/aromatic N) is 3. The van der Waals surface area contributed by atoms with Gasteiger partial charge < -0.3 is 20.1 Å². The molecule has 1 fully saturated rings. The van der Waals surface area contributed by atoms with Crippen LogP contribution in [0.4, 0.5) is 5.95 Å². The van der Waals surface area contributed by atoms with E-state index in [0.29, 0.717) is 23.6 Å². The lowest BCUT2D eigenvalue weighted by Gasteiger charge is -2.30. The largest absolute Gasteiger partial charge is 0.504 e. The van der Waals surface area contributed by atoms with Crippen LogP contribution in [0.15, 0.2) is 18.2 Å². The number of piperazine rings is 1. The number of hydrogen-bond acceptors (Lipinski definition) is 6. The van der Waals surface area contributed by atoms with E-state index in [-0.39, 0.29) is 5.75 Å². The van der Waals surface area contributed by atoms with Gasteiger partial charge in [0.05, 0.1) is 7.11 Å². The first-order valence-corrected chi connectivity index (χ1v) is 6.95. The maximum Gasteiger partial charge on any atom is 0.245 e. The standard InChI is InChI=1S/C14H19N5O2/c1-9-8-19(6-5-15-9)14-16-13(17-18-14)10-3-4-12(21-2)11(20)7-10/h3-4,7,9,15,20H,5-6,8H2,1-2H3,(H,16,17,18)/t9-/m0/s1. The number of benzene rings is 1. The van der Waals surface area contributed by atoms with Crippen molar-refractivity contribution in [2.75, 3.05) is 31.6 Å². The van der Waals surface area contributed by atoms with Crippen LogP contribution >= 0.6 is 0 Å². The van der Waals surface area contributed by atoms with Crippen LogP contribution in [0.2, 0.25) is 0 Å². The summed E-state index contributed by atoms with van der Waals surface area (Å²) < 4.78 is 5.04. The van der Waals surface area contributed by atoms with Crippen molar-refractivity contribution in [1.82, 2.24) is 20.5 Å². The van der Waals surface area contributed by atoms with Gasteiger partial charge in [-0.1, -0.05) is 0 Å². The van der Waals surface area contributed by atoms with Gasteiger partial charge in [-0.3, -0.25) is 5.10 Å². The van der Waals surface area contributed by atoms with Gasteiger partial charge in [-0.05, 0) is 25.1 Å². The van der Waals surface area contributed by atoms with Crippen LogP contribution in [0, 0.1) is 0 Å². The molecule has 21 heavy (non-hydrogen) atoms. The molecule has 7 heteroatoms. The Balaban J connectivity index is 1.82. The van der Waals surface area contributed by atoms with Gasteiger partial charge in [-0.25, -0.2) is 0 Å². The molecule has 0 radical (unpaired) electrons. The molecule has 3 N–H and O–H groups in total. The monoisotopic (exact) mass is 289 g/mol. The van der Waals surface area contributed by atoms with E-state index in [1.807, 2.05) is 6.07 Å². The van der Waals surface area contributed by atoms with E-state index in [9.17, 15) is 5.11 Å². The van der Waals surface area contributed by atoms with Gasteiger partial charge >= 0.3 is 0 Å². The molecule has 0 amide bonds. The zero-order chi connectivity index (χ0) is 14.8. The van der Waals surface area contributed by atoms with Gasteiger partial charge in [0.25, 0.3) is 0 Å². The third-order valence-corrected chi connectivity index (χ3v) is 3.58. The first-order valence-electron chi connectivity index (χ1n) is 6.95. The number of anilines is 1. The fourth-order valence-electron chi connectivity index (χ4n) is 2.47. The van der Waals surface area contributed by atoms with Gasteiger partial charge in [0, 0.05) is 31.2 Å². The van der Waals surface area contributed by atoms with Crippen molar-refractivity contribution in [3.8, 4) is 22.9 Å². The zero-order valence-corrected chi connectivity index (χ0v) is 12.1. The van der Waals surface area contributed by atoms with Crippen molar-refractivity contribution in [3.63, 3.8) is 0 Å². The highest BCUT2D eigenvalue weighted by Gasteiger charge is 2.19. The molecule has 1 saturated heterocycles. The summed E-state index contributed by atoms with van der Waals surface area (Å²) >= 11 is 0. The summed E-state index contributed by atoms with van der Waals surface area (Å²) in [5.74, 6) is 1.85. The molecule has 1 atom stereocenters. The van der Waals surface area contributed by atoms with E-state index in [0.717, 1.165) is 25.2 Å². The number of methoxy groups -OCH3 is 1. The summed E-state index contributed by atoms with van der Waals surface area (Å²) in [6.07, 6.45) is 0. The molecule has 1 aliphatic rings. The summed E-state index contributed by atoms with van der Waals surface area (Å²) in [6.45, 7) is 4.83. The van der Waals surface area contributed by atoms with Crippen LogP contribution in [0.25, 0.3) is 11.4 Å². The Kier molecular flexibility index (Phi) is 3.66. The van der Waals surface area contributed by atoms with E-state index in [4.69, 9.17) is 4.74 Å². The molecule has 1 aromatic heterocycles. The summed E-state index contributed by atoms with van der Waals surface area (Å²) in [7, 11) is 1.52. The second-order valence-corrected chi connectivity index (χ2v) is 5.17. The molecule has 1 aliphatic heterocycles. The first-order chi connectivity index (χ1) is 10.2. The van der Waals surface area contributed by atoms with Crippen LogP contribution < -0.4 is 15.0 Å². The van der Waals surface area contributed by atoms with Gasteiger partial charge in [-0.2, -0.15) is 4.98 Å². The van der Waals surface area contributed by atoms with E-state index < -0.39 is 0 Å². The maximum absolute atomic E-state index is 9.84. The minimum atomic E-state index is 0.0868. The Labute approximate surface area is 123 Å². The average molecular weight is 289 g/mol. The number of hydrogen-bond donors (Lipinski definition) is 3. The highest BCUT2D eigenvalue weighted by molar-refractivity contribution is 5.61. The van der Waals surface area contributed by atoms with Crippen molar-refractivity contribution >= 4 is 5.95 Å². The number of phenolic OH excluding ortho intramolecular Hbond substituents is 1. The molecule has 7 nitrogen and oxygen atoms in total. The molecule has 0 aliphatic carbocycles. The zero-order valence-electron chi connectivity index (χ0n) is 12.1. The Hall–Kier alpha value is -2.28. The van der Waals surface area contributed by atoms with E-state index in [1.165, 1.54) is 7.11 Å². The molecule has 0 bridgehead atoms. The van der Waals surface area contributed by atoms with Crippen molar-refractivity contribution in [2.24, 2.45) is 0 Å². The number of phenols is 1. The maximum atomic E-state index is 9.84. The van der Waals surface area contributed by atoms with Crippen molar-refractivity contribution in [2.45, 2.75) is 13.0 Å². The molecule has 0 saturated carbocycles. The first kappa shape index (κ1) is 13.7. The Morgan fingerprint density at radius 3 is 3.00 bits per heavy atom. The molecular weight excluding hydrogens is 270 g/mol. The van der Waals surface area contributed by atoms with E-state index in [2.05, 4.69) is 32.3 Å². The summed E-state index contributed by atoms with van der Waals surface area (Å²) in [5.41, 5.74) is 0.773. The number of ether oxygens (including phenoxy) is 1. The SMILES string of the molecule is COc1ccc(-c2nc(N3CCN[C@@H](C)C3)n[nH]2)cc1O. The predicted molar refractivity (Wildman–Crippen MR) is 79.7 cm³/mol. The number of rotatable bonds is 3. The topological polar surface area (TPSA) is 86.3 Å². The molecule has 112 valence electrons. The second kappa shape index (κ2) is 5.61. The summed E-state index contributed by atoms with van der Waals surface area (Å²) in [5, 5.41) is 20.4. The molecule has 0 spiro atoms. The number of aromatic nitrogens is 3. The van der Waals surface area contributed by atoms with Crippen molar-refractivity contribution in [3.05, 3.63) is 18.2 Å². The lowest BCUT2D eigenvalue weighted by Crippen LogP contribution is -2.49. The number of aromatic hydroxyl groups is 1. The normalized spacial score (nSPS) is 18.8. The third-order valence-electron chi connectivity index (χ3n) is 3.58. The Morgan fingerprint density at radius 1 is 1.43 bits per heavy atom.